The van der Waals surface area contributed by atoms with Crippen LogP contribution >= 0.6 is 27.3 Å². The summed E-state index contributed by atoms with van der Waals surface area (Å²) >= 11 is 5.02. The second-order valence-electron chi connectivity index (χ2n) is 5.25. The van der Waals surface area contributed by atoms with Gasteiger partial charge in [-0.15, -0.1) is 11.3 Å². The average molecular weight is 373 g/mol. The van der Waals surface area contributed by atoms with E-state index in [0.29, 0.717) is 25.9 Å². The van der Waals surface area contributed by atoms with E-state index in [1.807, 2.05) is 28.9 Å². The molecule has 0 aliphatic carbocycles. The lowest BCUT2D eigenvalue weighted by molar-refractivity contribution is -0.133. The summed E-state index contributed by atoms with van der Waals surface area (Å²) in [4.78, 5) is 29.2. The first-order valence-corrected chi connectivity index (χ1v) is 9.01. The Morgan fingerprint density at radius 1 is 1.14 bits per heavy atom. The Kier molecular flexibility index (Phi) is 6.23. The van der Waals surface area contributed by atoms with Crippen LogP contribution in [-0.2, 0) is 16.0 Å². The molecule has 0 unspecified atom stereocenters. The number of carbonyl (C=O) groups excluding carboxylic acids is 2. The van der Waals surface area contributed by atoms with Gasteiger partial charge < -0.3 is 9.80 Å². The molecule has 6 heteroatoms. The number of amides is 2. The Hall–Kier alpha value is -0.880. The van der Waals surface area contributed by atoms with Crippen molar-refractivity contribution in [3.8, 4) is 0 Å². The quantitative estimate of drug-likeness (QED) is 0.814. The normalized spacial score (nSPS) is 15.9. The first kappa shape index (κ1) is 16.5. The summed E-state index contributed by atoms with van der Waals surface area (Å²) in [5.41, 5.74) is 0. The molecule has 1 saturated heterocycles. The number of thiophene rings is 1. The van der Waals surface area contributed by atoms with Gasteiger partial charge in [0, 0.05) is 37.5 Å². The minimum Gasteiger partial charge on any atom is -0.341 e. The zero-order chi connectivity index (χ0) is 15.2. The maximum atomic E-state index is 12.3. The van der Waals surface area contributed by atoms with Crippen molar-refractivity contribution in [3.63, 3.8) is 0 Å². The summed E-state index contributed by atoms with van der Waals surface area (Å²) in [6, 6.07) is 3.96. The Labute approximate surface area is 138 Å². The molecule has 2 rings (SSSR count). The van der Waals surface area contributed by atoms with Crippen molar-refractivity contribution >= 4 is 39.1 Å². The zero-order valence-corrected chi connectivity index (χ0v) is 14.7. The summed E-state index contributed by atoms with van der Waals surface area (Å²) in [6.45, 7) is 4.86. The highest BCUT2D eigenvalue weighted by atomic mass is 79.9. The van der Waals surface area contributed by atoms with Gasteiger partial charge in [0.2, 0.25) is 11.8 Å². The second-order valence-corrected chi connectivity index (χ2v) is 7.80. The van der Waals surface area contributed by atoms with Crippen molar-refractivity contribution < 1.29 is 9.59 Å². The molecule has 0 spiro atoms. The minimum atomic E-state index is 0.161. The monoisotopic (exact) mass is 372 g/mol. The summed E-state index contributed by atoms with van der Waals surface area (Å²) in [6.07, 6.45) is 2.82. The van der Waals surface area contributed by atoms with E-state index in [0.717, 1.165) is 34.6 Å². The molecule has 0 atom stereocenters. The van der Waals surface area contributed by atoms with Gasteiger partial charge in [-0.1, -0.05) is 6.92 Å². The highest BCUT2D eigenvalue weighted by Crippen LogP contribution is 2.23. The Morgan fingerprint density at radius 3 is 2.38 bits per heavy atom. The fourth-order valence-electron chi connectivity index (χ4n) is 2.50. The summed E-state index contributed by atoms with van der Waals surface area (Å²) in [5, 5.41) is 0. The number of hydrogen-bond donors (Lipinski definition) is 0. The average Bonchev–Trinajstić information content (AvgIpc) is 2.73. The van der Waals surface area contributed by atoms with Gasteiger partial charge in [0.25, 0.3) is 0 Å². The van der Waals surface area contributed by atoms with Crippen LogP contribution in [0.5, 0.6) is 0 Å². The van der Waals surface area contributed by atoms with E-state index in [2.05, 4.69) is 15.9 Å². The summed E-state index contributed by atoms with van der Waals surface area (Å²) in [5.74, 6) is 0.378. The van der Waals surface area contributed by atoms with Crippen LogP contribution in [0.4, 0.5) is 0 Å². The molecule has 21 heavy (non-hydrogen) atoms. The molecule has 1 aliphatic heterocycles. The van der Waals surface area contributed by atoms with Crippen LogP contribution in [0.25, 0.3) is 0 Å². The van der Waals surface area contributed by atoms with Gasteiger partial charge in [0.05, 0.1) is 10.2 Å². The van der Waals surface area contributed by atoms with E-state index in [-0.39, 0.29) is 11.8 Å². The molecule has 1 aromatic rings. The third-order valence-corrected chi connectivity index (χ3v) is 5.24. The van der Waals surface area contributed by atoms with Crippen molar-refractivity contribution in [2.75, 3.05) is 26.2 Å². The predicted molar refractivity (Wildman–Crippen MR) is 88.4 cm³/mol. The Morgan fingerprint density at radius 2 is 1.81 bits per heavy atom. The van der Waals surface area contributed by atoms with Gasteiger partial charge in [0.1, 0.15) is 0 Å². The van der Waals surface area contributed by atoms with E-state index in [1.165, 1.54) is 0 Å². The van der Waals surface area contributed by atoms with Crippen LogP contribution in [0, 0.1) is 0 Å². The molecule has 1 aliphatic rings. The van der Waals surface area contributed by atoms with E-state index in [1.54, 1.807) is 11.3 Å². The smallest absolute Gasteiger partial charge is 0.227 e. The molecule has 0 aromatic carbocycles. The maximum Gasteiger partial charge on any atom is 0.227 e. The van der Waals surface area contributed by atoms with Crippen LogP contribution in [0.15, 0.2) is 15.9 Å². The van der Waals surface area contributed by atoms with Crippen molar-refractivity contribution in [3.05, 3.63) is 20.8 Å². The molecule has 1 aromatic heterocycles. The van der Waals surface area contributed by atoms with Crippen LogP contribution in [0.1, 0.15) is 31.1 Å². The van der Waals surface area contributed by atoms with Crippen molar-refractivity contribution in [1.29, 1.82) is 0 Å². The first-order chi connectivity index (χ1) is 10.1. The van der Waals surface area contributed by atoms with Gasteiger partial charge in [0.15, 0.2) is 0 Å². The summed E-state index contributed by atoms with van der Waals surface area (Å²) in [7, 11) is 0. The van der Waals surface area contributed by atoms with Gasteiger partial charge in [-0.25, -0.2) is 0 Å². The van der Waals surface area contributed by atoms with Crippen molar-refractivity contribution in [1.82, 2.24) is 9.80 Å². The fraction of sp³-hybridized carbons (Fsp3) is 0.600. The number of carbonyl (C=O) groups is 2. The molecule has 2 amide bonds. The van der Waals surface area contributed by atoms with E-state index < -0.39 is 0 Å². The third kappa shape index (κ3) is 4.81. The van der Waals surface area contributed by atoms with Crippen LogP contribution < -0.4 is 0 Å². The van der Waals surface area contributed by atoms with Gasteiger partial charge in [-0.05, 0) is 40.9 Å². The molecule has 1 fully saturated rings. The molecule has 2 heterocycles. The fourth-order valence-corrected chi connectivity index (χ4v) is 3.97. The highest BCUT2D eigenvalue weighted by molar-refractivity contribution is 9.11. The number of halogens is 1. The van der Waals surface area contributed by atoms with Crippen molar-refractivity contribution in [2.45, 2.75) is 32.6 Å². The van der Waals surface area contributed by atoms with Gasteiger partial charge >= 0.3 is 0 Å². The molecule has 0 N–H and O–H groups in total. The lowest BCUT2D eigenvalue weighted by Gasteiger charge is -2.22. The van der Waals surface area contributed by atoms with E-state index in [4.69, 9.17) is 0 Å². The summed E-state index contributed by atoms with van der Waals surface area (Å²) < 4.78 is 1.05. The van der Waals surface area contributed by atoms with Gasteiger partial charge in [-0.2, -0.15) is 0 Å². The second kappa shape index (κ2) is 7.94. The number of hydrogen-bond acceptors (Lipinski definition) is 3. The highest BCUT2D eigenvalue weighted by Gasteiger charge is 2.21. The number of rotatable bonds is 4. The largest absolute Gasteiger partial charge is 0.341 e. The van der Waals surface area contributed by atoms with Crippen LogP contribution in [-0.4, -0.2) is 47.8 Å². The third-order valence-electron chi connectivity index (χ3n) is 3.62. The van der Waals surface area contributed by atoms with Gasteiger partial charge in [-0.3, -0.25) is 9.59 Å². The molecular formula is C15H21BrN2O2S. The SMILES string of the molecule is CCCC(=O)N1CCCN(C(=O)Cc2ccc(Br)s2)CC1. The first-order valence-electron chi connectivity index (χ1n) is 7.40. The Balaban J connectivity index is 1.87. The molecule has 4 nitrogen and oxygen atoms in total. The van der Waals surface area contributed by atoms with E-state index in [9.17, 15) is 9.59 Å². The molecule has 0 radical (unpaired) electrons. The zero-order valence-electron chi connectivity index (χ0n) is 12.3. The van der Waals surface area contributed by atoms with Crippen molar-refractivity contribution in [2.24, 2.45) is 0 Å². The molecule has 116 valence electrons. The van der Waals surface area contributed by atoms with Crippen LogP contribution in [0.2, 0.25) is 0 Å². The molecule has 0 saturated carbocycles. The van der Waals surface area contributed by atoms with Crippen LogP contribution in [0.3, 0.4) is 0 Å². The lowest BCUT2D eigenvalue weighted by atomic mass is 10.3. The minimum absolute atomic E-state index is 0.161. The molecular weight excluding hydrogens is 352 g/mol. The molecule has 0 bridgehead atoms. The lowest BCUT2D eigenvalue weighted by Crippen LogP contribution is -2.37. The maximum absolute atomic E-state index is 12.3. The number of nitrogens with zero attached hydrogens (tertiary/aromatic N) is 2. The predicted octanol–water partition coefficient (Wildman–Crippen LogP) is 2.91. The topological polar surface area (TPSA) is 40.6 Å². The Bertz CT molecular complexity index is 504. The van der Waals surface area contributed by atoms with E-state index >= 15 is 0 Å². The standard InChI is InChI=1S/C15H21BrN2O2S/c1-2-4-14(19)17-7-3-8-18(10-9-17)15(20)11-12-5-6-13(16)21-12/h5-6H,2-4,7-11H2,1H3.